The largest absolute Gasteiger partial charge is 0.372 e. The fourth-order valence-electron chi connectivity index (χ4n) is 1.87. The van der Waals surface area contributed by atoms with Gasteiger partial charge in [-0.3, -0.25) is 19.5 Å². The summed E-state index contributed by atoms with van der Waals surface area (Å²) < 4.78 is 0. The van der Waals surface area contributed by atoms with Crippen molar-refractivity contribution < 1.29 is 9.59 Å². The monoisotopic (exact) mass is 248 g/mol. The van der Waals surface area contributed by atoms with Gasteiger partial charge in [0, 0.05) is 19.9 Å². The van der Waals surface area contributed by atoms with Gasteiger partial charge in [0.15, 0.2) is 0 Å². The quantitative estimate of drug-likeness (QED) is 0.806. The third kappa shape index (κ3) is 2.82. The summed E-state index contributed by atoms with van der Waals surface area (Å²) in [6.45, 7) is 0.217. The zero-order valence-electron chi connectivity index (χ0n) is 10.3. The molecule has 1 N–H and O–H groups in total. The molecular weight excluding hydrogens is 232 g/mol. The second-order valence-corrected chi connectivity index (χ2v) is 4.22. The zero-order chi connectivity index (χ0) is 13.0. The van der Waals surface area contributed by atoms with Crippen LogP contribution in [0.5, 0.6) is 0 Å². The summed E-state index contributed by atoms with van der Waals surface area (Å²) in [6, 6.07) is 0. The number of hydrogen-bond donors (Lipinski definition) is 1. The van der Waals surface area contributed by atoms with Crippen LogP contribution in [0.3, 0.4) is 0 Å². The fraction of sp³-hybridized carbons (Fsp3) is 0.500. The molecule has 1 saturated heterocycles. The minimum absolute atomic E-state index is 0.114. The van der Waals surface area contributed by atoms with Crippen molar-refractivity contribution in [3.63, 3.8) is 0 Å². The van der Waals surface area contributed by atoms with Crippen LogP contribution in [-0.4, -0.2) is 33.7 Å². The maximum absolute atomic E-state index is 11.8. The van der Waals surface area contributed by atoms with E-state index in [1.54, 1.807) is 19.4 Å². The van der Waals surface area contributed by atoms with Crippen LogP contribution in [0.25, 0.3) is 0 Å². The number of rotatable bonds is 3. The summed E-state index contributed by atoms with van der Waals surface area (Å²) in [6.07, 6.45) is 5.61. The summed E-state index contributed by atoms with van der Waals surface area (Å²) in [7, 11) is 1.76. The van der Waals surface area contributed by atoms with E-state index in [1.165, 1.54) is 4.90 Å². The Morgan fingerprint density at radius 3 is 2.33 bits per heavy atom. The van der Waals surface area contributed by atoms with Crippen molar-refractivity contribution in [3.05, 3.63) is 18.1 Å². The van der Waals surface area contributed by atoms with Crippen LogP contribution >= 0.6 is 0 Å². The van der Waals surface area contributed by atoms with E-state index in [0.717, 1.165) is 12.8 Å². The van der Waals surface area contributed by atoms with Gasteiger partial charge in [-0.2, -0.15) is 0 Å². The molecule has 0 unspecified atom stereocenters. The molecule has 6 heteroatoms. The van der Waals surface area contributed by atoms with Crippen LogP contribution in [0.1, 0.15) is 31.4 Å². The Morgan fingerprint density at radius 1 is 1.17 bits per heavy atom. The number of likely N-dealkylation sites (tertiary alicyclic amines) is 1. The highest BCUT2D eigenvalue weighted by Gasteiger charge is 2.24. The third-order valence-electron chi connectivity index (χ3n) is 2.91. The molecule has 1 aromatic heterocycles. The molecule has 2 heterocycles. The van der Waals surface area contributed by atoms with Crippen LogP contribution in [0.4, 0.5) is 5.82 Å². The fourth-order valence-corrected chi connectivity index (χ4v) is 1.87. The van der Waals surface area contributed by atoms with Crippen molar-refractivity contribution in [1.29, 1.82) is 0 Å². The van der Waals surface area contributed by atoms with Crippen LogP contribution in [0.2, 0.25) is 0 Å². The van der Waals surface area contributed by atoms with E-state index in [-0.39, 0.29) is 18.4 Å². The highest BCUT2D eigenvalue weighted by Crippen LogP contribution is 2.15. The molecule has 6 nitrogen and oxygen atoms in total. The Balaban J connectivity index is 2.10. The van der Waals surface area contributed by atoms with Gasteiger partial charge >= 0.3 is 0 Å². The number of imide groups is 1. The lowest BCUT2D eigenvalue weighted by molar-refractivity contribution is -0.144. The molecule has 0 saturated carbocycles. The third-order valence-corrected chi connectivity index (χ3v) is 2.91. The first-order valence-corrected chi connectivity index (χ1v) is 6.02. The summed E-state index contributed by atoms with van der Waals surface area (Å²) >= 11 is 0. The lowest BCUT2D eigenvalue weighted by Crippen LogP contribution is -2.34. The van der Waals surface area contributed by atoms with Gasteiger partial charge in [0.1, 0.15) is 5.82 Å². The minimum atomic E-state index is -0.114. The highest BCUT2D eigenvalue weighted by molar-refractivity contribution is 5.95. The first-order chi connectivity index (χ1) is 8.70. The molecule has 0 bridgehead atoms. The molecular formula is C12H16N4O2. The molecule has 0 atom stereocenters. The number of nitrogens with zero attached hydrogens (tertiary/aromatic N) is 3. The second kappa shape index (κ2) is 5.57. The van der Waals surface area contributed by atoms with E-state index in [2.05, 4.69) is 15.3 Å². The van der Waals surface area contributed by atoms with Gasteiger partial charge in [-0.1, -0.05) is 0 Å². The first kappa shape index (κ1) is 12.5. The van der Waals surface area contributed by atoms with Gasteiger partial charge in [0.2, 0.25) is 11.8 Å². The number of carbonyl (C=O) groups is 2. The predicted molar refractivity (Wildman–Crippen MR) is 65.6 cm³/mol. The maximum atomic E-state index is 11.8. The number of carbonyl (C=O) groups excluding carboxylic acids is 2. The van der Waals surface area contributed by atoms with E-state index in [9.17, 15) is 9.59 Å². The lowest BCUT2D eigenvalue weighted by Gasteiger charge is -2.17. The molecule has 1 aliphatic rings. The Morgan fingerprint density at radius 2 is 1.83 bits per heavy atom. The topological polar surface area (TPSA) is 75.2 Å². The minimum Gasteiger partial charge on any atom is -0.372 e. The lowest BCUT2D eigenvalue weighted by atomic mass is 10.2. The molecule has 1 fully saturated rings. The van der Waals surface area contributed by atoms with Crippen molar-refractivity contribution in [2.75, 3.05) is 12.4 Å². The number of nitrogens with one attached hydrogen (secondary N) is 1. The summed E-state index contributed by atoms with van der Waals surface area (Å²) in [5.41, 5.74) is 0.623. The zero-order valence-corrected chi connectivity index (χ0v) is 10.3. The molecule has 18 heavy (non-hydrogen) atoms. The Kier molecular flexibility index (Phi) is 3.86. The summed E-state index contributed by atoms with van der Waals surface area (Å²) in [5, 5.41) is 2.86. The summed E-state index contributed by atoms with van der Waals surface area (Å²) in [4.78, 5) is 33.2. The first-order valence-electron chi connectivity index (χ1n) is 6.02. The molecule has 96 valence electrons. The number of hydrogen-bond acceptors (Lipinski definition) is 5. The van der Waals surface area contributed by atoms with Crippen molar-refractivity contribution >= 4 is 17.6 Å². The highest BCUT2D eigenvalue weighted by atomic mass is 16.2. The van der Waals surface area contributed by atoms with Crippen molar-refractivity contribution in [3.8, 4) is 0 Å². The summed E-state index contributed by atoms with van der Waals surface area (Å²) in [5.74, 6) is 0.432. The molecule has 1 aliphatic heterocycles. The van der Waals surface area contributed by atoms with E-state index in [0.29, 0.717) is 24.4 Å². The molecule has 2 amide bonds. The van der Waals surface area contributed by atoms with E-state index < -0.39 is 0 Å². The van der Waals surface area contributed by atoms with Crippen LogP contribution in [0, 0.1) is 0 Å². The van der Waals surface area contributed by atoms with E-state index in [4.69, 9.17) is 0 Å². The predicted octanol–water partition coefficient (Wildman–Crippen LogP) is 0.947. The van der Waals surface area contributed by atoms with Gasteiger partial charge in [-0.15, -0.1) is 0 Å². The number of amides is 2. The van der Waals surface area contributed by atoms with Gasteiger partial charge in [-0.05, 0) is 12.8 Å². The number of anilines is 1. The molecule has 0 radical (unpaired) electrons. The van der Waals surface area contributed by atoms with E-state index >= 15 is 0 Å². The normalized spacial score (nSPS) is 16.6. The van der Waals surface area contributed by atoms with Crippen molar-refractivity contribution in [1.82, 2.24) is 14.9 Å². The van der Waals surface area contributed by atoms with Crippen LogP contribution in [0.15, 0.2) is 12.4 Å². The van der Waals surface area contributed by atoms with Gasteiger partial charge in [0.05, 0.1) is 24.6 Å². The molecule has 0 aromatic carbocycles. The smallest absolute Gasteiger partial charge is 0.229 e. The average molecular weight is 248 g/mol. The van der Waals surface area contributed by atoms with Gasteiger partial charge in [0.25, 0.3) is 0 Å². The Labute approximate surface area is 105 Å². The number of aromatic nitrogens is 2. The van der Waals surface area contributed by atoms with Gasteiger partial charge < -0.3 is 5.32 Å². The molecule has 0 aliphatic carbocycles. The molecule has 0 spiro atoms. The standard InChI is InChI=1S/C12H16N4O2/c1-13-10-7-14-9(6-15-10)8-16-11(17)4-2-3-5-12(16)18/h6-7H,2-5,8H2,1H3,(H,13,15). The Hall–Kier alpha value is -1.98. The molecule has 2 rings (SSSR count). The van der Waals surface area contributed by atoms with Crippen molar-refractivity contribution in [2.45, 2.75) is 32.2 Å². The van der Waals surface area contributed by atoms with Crippen LogP contribution in [-0.2, 0) is 16.1 Å². The van der Waals surface area contributed by atoms with E-state index in [1.807, 2.05) is 0 Å². The Bertz CT molecular complexity index is 426. The maximum Gasteiger partial charge on any atom is 0.229 e. The SMILES string of the molecule is CNc1cnc(CN2C(=O)CCCCC2=O)cn1. The average Bonchev–Trinajstić information content (AvgIpc) is 2.55. The second-order valence-electron chi connectivity index (χ2n) is 4.22. The van der Waals surface area contributed by atoms with Crippen LogP contribution < -0.4 is 5.32 Å². The van der Waals surface area contributed by atoms with Gasteiger partial charge in [-0.25, -0.2) is 4.98 Å². The van der Waals surface area contributed by atoms with Crippen molar-refractivity contribution in [2.24, 2.45) is 0 Å². The molecule has 1 aromatic rings.